The molecule has 0 fully saturated rings. The highest BCUT2D eigenvalue weighted by Gasteiger charge is 2.08. The molecule has 114 valence electrons. The minimum Gasteiger partial charge on any atom is -0.430 e. The molecule has 0 aliphatic carbocycles. The second-order valence-electron chi connectivity index (χ2n) is 4.03. The molecule has 0 radical (unpaired) electrons. The van der Waals surface area contributed by atoms with Crippen LogP contribution < -0.4 is 9.47 Å². The van der Waals surface area contributed by atoms with Crippen LogP contribution in [0.3, 0.4) is 0 Å². The number of carbonyl (C=O) groups is 2. The van der Waals surface area contributed by atoms with Gasteiger partial charge in [0.2, 0.25) is 0 Å². The van der Waals surface area contributed by atoms with Crippen molar-refractivity contribution < 1.29 is 28.5 Å². The van der Waals surface area contributed by atoms with Crippen LogP contribution in [0.1, 0.15) is 0 Å². The third kappa shape index (κ3) is 5.54. The van der Waals surface area contributed by atoms with Crippen LogP contribution in [0.25, 0.3) is 0 Å². The van der Waals surface area contributed by atoms with Gasteiger partial charge in [-0.15, -0.1) is 0 Å². The molecule has 6 heteroatoms. The van der Waals surface area contributed by atoms with Crippen LogP contribution in [0, 0.1) is 0 Å². The standard InChI is InChI=1S/C16H14O6/c17-15(21-13-7-3-1-4-8-13)19-11-12-20-16(18)22-14-9-5-2-6-10-14/h1-10H,11-12H2. The summed E-state index contributed by atoms with van der Waals surface area (Å²) in [6, 6.07) is 17.0. The molecule has 0 heterocycles. The number of hydrogen-bond acceptors (Lipinski definition) is 6. The van der Waals surface area contributed by atoms with Crippen LogP contribution in [-0.2, 0) is 9.47 Å². The molecule has 2 rings (SSSR count). The van der Waals surface area contributed by atoms with Crippen LogP contribution in [0.2, 0.25) is 0 Å². The van der Waals surface area contributed by atoms with Gasteiger partial charge in [-0.3, -0.25) is 0 Å². The first-order valence-electron chi connectivity index (χ1n) is 6.53. The molecule has 0 unspecified atom stereocenters. The highest BCUT2D eigenvalue weighted by atomic mass is 16.7. The number of hydrogen-bond donors (Lipinski definition) is 0. The van der Waals surface area contributed by atoms with E-state index in [2.05, 4.69) is 0 Å². The maximum atomic E-state index is 11.3. The van der Waals surface area contributed by atoms with E-state index in [1.165, 1.54) is 0 Å². The molecule has 0 N–H and O–H groups in total. The summed E-state index contributed by atoms with van der Waals surface area (Å²) in [5, 5.41) is 0. The molecule has 0 bridgehead atoms. The third-order valence-electron chi connectivity index (χ3n) is 2.41. The number of carbonyl (C=O) groups excluding carboxylic acids is 2. The fraction of sp³-hybridized carbons (Fsp3) is 0.125. The summed E-state index contributed by atoms with van der Waals surface area (Å²) >= 11 is 0. The zero-order valence-corrected chi connectivity index (χ0v) is 11.6. The first-order valence-corrected chi connectivity index (χ1v) is 6.53. The fourth-order valence-electron chi connectivity index (χ4n) is 1.48. The Hall–Kier alpha value is -3.02. The first-order chi connectivity index (χ1) is 10.7. The molecule has 0 aromatic heterocycles. The Morgan fingerprint density at radius 2 is 1.00 bits per heavy atom. The minimum atomic E-state index is -0.869. The predicted octanol–water partition coefficient (Wildman–Crippen LogP) is 3.42. The average molecular weight is 302 g/mol. The Morgan fingerprint density at radius 1 is 0.636 bits per heavy atom. The van der Waals surface area contributed by atoms with E-state index in [9.17, 15) is 9.59 Å². The first kappa shape index (κ1) is 15.4. The third-order valence-corrected chi connectivity index (χ3v) is 2.41. The van der Waals surface area contributed by atoms with Crippen molar-refractivity contribution in [3.63, 3.8) is 0 Å². The van der Waals surface area contributed by atoms with Crippen molar-refractivity contribution in [1.82, 2.24) is 0 Å². The van der Waals surface area contributed by atoms with E-state index in [4.69, 9.17) is 18.9 Å². The summed E-state index contributed by atoms with van der Waals surface area (Å²) in [6.45, 7) is -0.259. The second kappa shape index (κ2) is 8.31. The lowest BCUT2D eigenvalue weighted by Crippen LogP contribution is -2.18. The lowest BCUT2D eigenvalue weighted by Gasteiger charge is -2.07. The molecule has 0 aliphatic heterocycles. The minimum absolute atomic E-state index is 0.129. The van der Waals surface area contributed by atoms with Crippen LogP contribution in [0.4, 0.5) is 9.59 Å². The number of rotatable bonds is 5. The molecule has 0 aliphatic rings. The topological polar surface area (TPSA) is 71.1 Å². The Labute approximate surface area is 127 Å². The highest BCUT2D eigenvalue weighted by molar-refractivity contribution is 5.64. The van der Waals surface area contributed by atoms with Crippen LogP contribution in [-0.4, -0.2) is 25.5 Å². The summed E-state index contributed by atoms with van der Waals surface area (Å²) in [5.41, 5.74) is 0. The maximum Gasteiger partial charge on any atom is 0.513 e. The van der Waals surface area contributed by atoms with Gasteiger partial charge in [-0.25, -0.2) is 9.59 Å². The molecule has 6 nitrogen and oxygen atoms in total. The summed E-state index contributed by atoms with van der Waals surface area (Å²) in [5.74, 6) is 0.744. The van der Waals surface area contributed by atoms with Crippen molar-refractivity contribution in [3.8, 4) is 11.5 Å². The number of para-hydroxylation sites is 2. The second-order valence-corrected chi connectivity index (χ2v) is 4.03. The van der Waals surface area contributed by atoms with E-state index < -0.39 is 12.3 Å². The lowest BCUT2D eigenvalue weighted by atomic mass is 10.3. The van der Waals surface area contributed by atoms with Gasteiger partial charge < -0.3 is 18.9 Å². The lowest BCUT2D eigenvalue weighted by molar-refractivity contribution is 0.0542. The summed E-state index contributed by atoms with van der Waals surface area (Å²) in [6.07, 6.45) is -1.74. The highest BCUT2D eigenvalue weighted by Crippen LogP contribution is 2.10. The van der Waals surface area contributed by atoms with Gasteiger partial charge in [0.05, 0.1) is 0 Å². The van der Waals surface area contributed by atoms with E-state index in [1.807, 2.05) is 0 Å². The largest absolute Gasteiger partial charge is 0.513 e. The number of benzene rings is 2. The van der Waals surface area contributed by atoms with Crippen molar-refractivity contribution in [2.75, 3.05) is 13.2 Å². The monoisotopic (exact) mass is 302 g/mol. The molecule has 2 aromatic rings. The van der Waals surface area contributed by atoms with Crippen molar-refractivity contribution in [1.29, 1.82) is 0 Å². The van der Waals surface area contributed by atoms with Crippen molar-refractivity contribution in [2.24, 2.45) is 0 Å². The van der Waals surface area contributed by atoms with Crippen LogP contribution in [0.15, 0.2) is 60.7 Å². The molecule has 0 saturated heterocycles. The van der Waals surface area contributed by atoms with Crippen molar-refractivity contribution in [3.05, 3.63) is 60.7 Å². The van der Waals surface area contributed by atoms with E-state index >= 15 is 0 Å². The summed E-state index contributed by atoms with van der Waals surface area (Å²) in [4.78, 5) is 22.7. The summed E-state index contributed by atoms with van der Waals surface area (Å²) < 4.78 is 19.3. The smallest absolute Gasteiger partial charge is 0.430 e. The van der Waals surface area contributed by atoms with Gasteiger partial charge in [0, 0.05) is 0 Å². The molecule has 2 aromatic carbocycles. The molecular weight excluding hydrogens is 288 g/mol. The zero-order chi connectivity index (χ0) is 15.6. The molecule has 0 spiro atoms. The normalized spacial score (nSPS) is 9.64. The van der Waals surface area contributed by atoms with E-state index in [1.54, 1.807) is 60.7 Å². The SMILES string of the molecule is O=C(OCCOC(=O)Oc1ccccc1)Oc1ccccc1. The number of ether oxygens (including phenoxy) is 4. The van der Waals surface area contributed by atoms with Crippen molar-refractivity contribution >= 4 is 12.3 Å². The Morgan fingerprint density at radius 3 is 1.36 bits per heavy atom. The molecule has 0 saturated carbocycles. The van der Waals surface area contributed by atoms with Gasteiger partial charge in [0.15, 0.2) is 0 Å². The van der Waals surface area contributed by atoms with Gasteiger partial charge in [0.25, 0.3) is 0 Å². The molecule has 0 atom stereocenters. The van der Waals surface area contributed by atoms with Gasteiger partial charge in [-0.2, -0.15) is 0 Å². The average Bonchev–Trinajstić information content (AvgIpc) is 2.53. The van der Waals surface area contributed by atoms with E-state index in [-0.39, 0.29) is 13.2 Å². The Bertz CT molecular complexity index is 541. The van der Waals surface area contributed by atoms with Crippen LogP contribution >= 0.6 is 0 Å². The van der Waals surface area contributed by atoms with E-state index in [0.29, 0.717) is 11.5 Å². The molecule has 22 heavy (non-hydrogen) atoms. The maximum absolute atomic E-state index is 11.3. The van der Waals surface area contributed by atoms with Gasteiger partial charge in [-0.05, 0) is 24.3 Å². The molecular formula is C16H14O6. The van der Waals surface area contributed by atoms with Gasteiger partial charge in [-0.1, -0.05) is 36.4 Å². The van der Waals surface area contributed by atoms with Crippen LogP contribution in [0.5, 0.6) is 11.5 Å². The zero-order valence-electron chi connectivity index (χ0n) is 11.6. The van der Waals surface area contributed by atoms with Gasteiger partial charge in [0.1, 0.15) is 24.7 Å². The quantitative estimate of drug-likeness (QED) is 0.479. The van der Waals surface area contributed by atoms with Gasteiger partial charge >= 0.3 is 12.3 Å². The van der Waals surface area contributed by atoms with E-state index in [0.717, 1.165) is 0 Å². The molecule has 0 amide bonds. The van der Waals surface area contributed by atoms with Crippen molar-refractivity contribution in [2.45, 2.75) is 0 Å². The predicted molar refractivity (Wildman–Crippen MR) is 76.8 cm³/mol. The fourth-order valence-corrected chi connectivity index (χ4v) is 1.48. The Balaban J connectivity index is 1.60. The Kier molecular flexibility index (Phi) is 5.80. The summed E-state index contributed by atoms with van der Waals surface area (Å²) in [7, 11) is 0.